The Morgan fingerprint density at radius 3 is 2.30 bits per heavy atom. The van der Waals surface area contributed by atoms with Crippen LogP contribution in [-0.2, 0) is 14.9 Å². The maximum atomic E-state index is 11.5. The van der Waals surface area contributed by atoms with Crippen molar-refractivity contribution in [3.63, 3.8) is 0 Å². The van der Waals surface area contributed by atoms with Crippen molar-refractivity contribution in [1.29, 1.82) is 0 Å². The molecule has 1 aromatic carbocycles. The normalized spacial score (nSPS) is 12.0. The molecule has 112 valence electrons. The summed E-state index contributed by atoms with van der Waals surface area (Å²) >= 11 is 0. The molecule has 0 aromatic heterocycles. The van der Waals surface area contributed by atoms with Crippen molar-refractivity contribution in [3.05, 3.63) is 35.4 Å². The summed E-state index contributed by atoms with van der Waals surface area (Å²) in [6, 6.07) is 8.57. The van der Waals surface area contributed by atoms with Crippen LogP contribution in [0.1, 0.15) is 65.0 Å². The van der Waals surface area contributed by atoms with E-state index < -0.39 is 0 Å². The molecule has 0 aliphatic rings. The number of carbonyl (C=O) groups is 1. The van der Waals surface area contributed by atoms with Crippen LogP contribution >= 0.6 is 0 Å². The maximum absolute atomic E-state index is 11.5. The summed E-state index contributed by atoms with van der Waals surface area (Å²) in [5.41, 5.74) is 2.75. The van der Waals surface area contributed by atoms with Gasteiger partial charge in [0, 0.05) is 0 Å². The van der Waals surface area contributed by atoms with Gasteiger partial charge in [0.15, 0.2) is 0 Å². The molecule has 0 fully saturated rings. The Balaban J connectivity index is 2.76. The van der Waals surface area contributed by atoms with Crippen molar-refractivity contribution in [3.8, 4) is 0 Å². The number of hydrogen-bond donors (Lipinski definition) is 0. The first kappa shape index (κ1) is 16.7. The molecule has 0 saturated carbocycles. The monoisotopic (exact) mass is 276 g/mol. The van der Waals surface area contributed by atoms with Gasteiger partial charge in [-0.05, 0) is 28.9 Å². The van der Waals surface area contributed by atoms with E-state index in [2.05, 4.69) is 52.0 Å². The lowest BCUT2D eigenvalue weighted by atomic mass is 9.77. The molecule has 0 N–H and O–H groups in total. The fraction of sp³-hybridized carbons (Fsp3) is 0.611. The first-order chi connectivity index (χ1) is 9.25. The SMILES string of the molecule is CC(C)C(=O)OCCC(C)(C)c1ccccc1C(C)C. The van der Waals surface area contributed by atoms with Crippen LogP contribution in [-0.4, -0.2) is 12.6 Å². The molecule has 0 heterocycles. The highest BCUT2D eigenvalue weighted by Gasteiger charge is 2.24. The quantitative estimate of drug-likeness (QED) is 0.705. The Hall–Kier alpha value is -1.31. The van der Waals surface area contributed by atoms with Crippen LogP contribution in [0.2, 0.25) is 0 Å². The lowest BCUT2D eigenvalue weighted by Crippen LogP contribution is -2.23. The summed E-state index contributed by atoms with van der Waals surface area (Å²) in [4.78, 5) is 11.5. The first-order valence-electron chi connectivity index (χ1n) is 7.51. The fourth-order valence-corrected chi connectivity index (χ4v) is 2.32. The van der Waals surface area contributed by atoms with E-state index >= 15 is 0 Å². The van der Waals surface area contributed by atoms with E-state index in [9.17, 15) is 4.79 Å². The van der Waals surface area contributed by atoms with Crippen LogP contribution in [0.15, 0.2) is 24.3 Å². The lowest BCUT2D eigenvalue weighted by Gasteiger charge is -2.29. The summed E-state index contributed by atoms with van der Waals surface area (Å²) < 4.78 is 5.32. The second-order valence-corrected chi connectivity index (χ2v) is 6.70. The number of benzene rings is 1. The highest BCUT2D eigenvalue weighted by Crippen LogP contribution is 2.33. The predicted octanol–water partition coefficient (Wildman–Crippen LogP) is 4.68. The molecule has 0 bridgehead atoms. The molecule has 0 aliphatic heterocycles. The molecular weight excluding hydrogens is 248 g/mol. The van der Waals surface area contributed by atoms with Crippen LogP contribution in [0.25, 0.3) is 0 Å². The fourth-order valence-electron chi connectivity index (χ4n) is 2.32. The van der Waals surface area contributed by atoms with Gasteiger partial charge in [-0.2, -0.15) is 0 Å². The van der Waals surface area contributed by atoms with E-state index in [1.807, 2.05) is 13.8 Å². The summed E-state index contributed by atoms with van der Waals surface area (Å²) in [6.07, 6.45) is 0.842. The Morgan fingerprint density at radius 1 is 1.15 bits per heavy atom. The molecular formula is C18H28O2. The van der Waals surface area contributed by atoms with Crippen molar-refractivity contribution in [2.24, 2.45) is 5.92 Å². The van der Waals surface area contributed by atoms with Crippen LogP contribution in [0.3, 0.4) is 0 Å². The number of ether oxygens (including phenoxy) is 1. The van der Waals surface area contributed by atoms with E-state index in [4.69, 9.17) is 4.74 Å². The standard InChI is InChI=1S/C18H28O2/c1-13(2)15-9-7-8-10-16(15)18(5,6)11-12-20-17(19)14(3)4/h7-10,13-14H,11-12H2,1-6H3. The van der Waals surface area contributed by atoms with Gasteiger partial charge in [-0.1, -0.05) is 65.8 Å². The Labute approximate surface area is 123 Å². The smallest absolute Gasteiger partial charge is 0.308 e. The van der Waals surface area contributed by atoms with Gasteiger partial charge in [0.1, 0.15) is 0 Å². The highest BCUT2D eigenvalue weighted by atomic mass is 16.5. The maximum Gasteiger partial charge on any atom is 0.308 e. The van der Waals surface area contributed by atoms with Gasteiger partial charge in [0.2, 0.25) is 0 Å². The van der Waals surface area contributed by atoms with Crippen LogP contribution in [0, 0.1) is 5.92 Å². The van der Waals surface area contributed by atoms with Gasteiger partial charge in [-0.3, -0.25) is 4.79 Å². The zero-order valence-electron chi connectivity index (χ0n) is 13.7. The number of esters is 1. The summed E-state index contributed by atoms with van der Waals surface area (Å²) in [5, 5.41) is 0. The van der Waals surface area contributed by atoms with E-state index in [1.165, 1.54) is 11.1 Å². The third-order valence-electron chi connectivity index (χ3n) is 3.75. The zero-order valence-corrected chi connectivity index (χ0v) is 13.7. The molecule has 0 atom stereocenters. The molecule has 1 aromatic rings. The topological polar surface area (TPSA) is 26.3 Å². The summed E-state index contributed by atoms with van der Waals surface area (Å²) in [7, 11) is 0. The molecule has 0 radical (unpaired) electrons. The van der Waals surface area contributed by atoms with E-state index in [0.717, 1.165) is 6.42 Å². The Kier molecular flexibility index (Phi) is 5.79. The second kappa shape index (κ2) is 6.92. The third-order valence-corrected chi connectivity index (χ3v) is 3.75. The molecule has 20 heavy (non-hydrogen) atoms. The van der Waals surface area contributed by atoms with E-state index in [1.54, 1.807) is 0 Å². The Morgan fingerprint density at radius 2 is 1.75 bits per heavy atom. The summed E-state index contributed by atoms with van der Waals surface area (Å²) in [5.74, 6) is 0.336. The number of rotatable bonds is 6. The summed E-state index contributed by atoms with van der Waals surface area (Å²) in [6.45, 7) is 13.1. The average Bonchev–Trinajstić information content (AvgIpc) is 2.38. The van der Waals surface area contributed by atoms with Crippen molar-refractivity contribution in [2.75, 3.05) is 6.61 Å². The average molecular weight is 276 g/mol. The van der Waals surface area contributed by atoms with Crippen molar-refractivity contribution >= 4 is 5.97 Å². The third kappa shape index (κ3) is 4.36. The van der Waals surface area contributed by atoms with Gasteiger partial charge < -0.3 is 4.74 Å². The molecule has 0 spiro atoms. The van der Waals surface area contributed by atoms with E-state index in [-0.39, 0.29) is 17.3 Å². The van der Waals surface area contributed by atoms with Gasteiger partial charge >= 0.3 is 5.97 Å². The highest BCUT2D eigenvalue weighted by molar-refractivity contribution is 5.71. The van der Waals surface area contributed by atoms with Crippen molar-refractivity contribution < 1.29 is 9.53 Å². The molecule has 0 saturated heterocycles. The molecule has 0 amide bonds. The van der Waals surface area contributed by atoms with Crippen molar-refractivity contribution in [2.45, 2.75) is 59.3 Å². The number of hydrogen-bond acceptors (Lipinski definition) is 2. The number of carbonyl (C=O) groups excluding carboxylic acids is 1. The van der Waals surface area contributed by atoms with Gasteiger partial charge in [-0.15, -0.1) is 0 Å². The molecule has 0 unspecified atom stereocenters. The largest absolute Gasteiger partial charge is 0.465 e. The zero-order chi connectivity index (χ0) is 15.3. The molecule has 1 rings (SSSR count). The van der Waals surface area contributed by atoms with Gasteiger partial charge in [0.25, 0.3) is 0 Å². The van der Waals surface area contributed by atoms with Crippen LogP contribution < -0.4 is 0 Å². The molecule has 2 nitrogen and oxygen atoms in total. The van der Waals surface area contributed by atoms with Crippen molar-refractivity contribution in [1.82, 2.24) is 0 Å². The van der Waals surface area contributed by atoms with Crippen LogP contribution in [0.4, 0.5) is 0 Å². The van der Waals surface area contributed by atoms with Crippen LogP contribution in [0.5, 0.6) is 0 Å². The molecule has 0 aliphatic carbocycles. The minimum atomic E-state index is -0.113. The molecule has 2 heteroatoms. The minimum absolute atomic E-state index is 0.0120. The lowest BCUT2D eigenvalue weighted by molar-refractivity contribution is -0.147. The second-order valence-electron chi connectivity index (χ2n) is 6.70. The van der Waals surface area contributed by atoms with E-state index in [0.29, 0.717) is 12.5 Å². The Bertz CT molecular complexity index is 444. The first-order valence-corrected chi connectivity index (χ1v) is 7.51. The predicted molar refractivity (Wildman–Crippen MR) is 84.0 cm³/mol. The van der Waals surface area contributed by atoms with Gasteiger partial charge in [-0.25, -0.2) is 0 Å². The minimum Gasteiger partial charge on any atom is -0.465 e. The van der Waals surface area contributed by atoms with Gasteiger partial charge in [0.05, 0.1) is 12.5 Å².